The number of carbonyl (C=O) groups is 1. The van der Waals surface area contributed by atoms with Crippen LogP contribution in [0.5, 0.6) is 17.2 Å². The molecule has 8 heteroatoms. The van der Waals surface area contributed by atoms with E-state index in [0.717, 1.165) is 5.56 Å². The first-order valence-electron chi connectivity index (χ1n) is 11.1. The molecule has 0 spiro atoms. The summed E-state index contributed by atoms with van der Waals surface area (Å²) in [6.45, 7) is 0.148. The smallest absolute Gasteiger partial charge is 0.287 e. The van der Waals surface area contributed by atoms with E-state index in [1.807, 2.05) is 24.3 Å². The van der Waals surface area contributed by atoms with Crippen LogP contribution in [0.25, 0.3) is 0 Å². The van der Waals surface area contributed by atoms with Crippen LogP contribution >= 0.6 is 0 Å². The summed E-state index contributed by atoms with van der Waals surface area (Å²) in [4.78, 5) is 17.1. The number of benzene rings is 2. The molecule has 1 amide bonds. The van der Waals surface area contributed by atoms with Crippen molar-refractivity contribution in [3.63, 3.8) is 0 Å². The van der Waals surface area contributed by atoms with Gasteiger partial charge in [0.25, 0.3) is 5.91 Å². The lowest BCUT2D eigenvalue weighted by atomic mass is 9.95. The largest absolute Gasteiger partial charge is 0.508 e. The lowest BCUT2D eigenvalue weighted by Gasteiger charge is -2.23. The number of methoxy groups -OCH3 is 1. The highest BCUT2D eigenvalue weighted by Crippen LogP contribution is 2.31. The summed E-state index contributed by atoms with van der Waals surface area (Å²) in [7, 11) is 1.59. The van der Waals surface area contributed by atoms with Gasteiger partial charge in [0.1, 0.15) is 29.6 Å². The summed E-state index contributed by atoms with van der Waals surface area (Å²) in [5.41, 5.74) is 7.79. The third-order valence-electron chi connectivity index (χ3n) is 5.53. The average Bonchev–Trinajstić information content (AvgIpc) is 3.37. The molecule has 4 N–H and O–H groups in total. The molecule has 2 heterocycles. The minimum atomic E-state index is -0.555. The van der Waals surface area contributed by atoms with Crippen LogP contribution in [0.2, 0.25) is 0 Å². The van der Waals surface area contributed by atoms with E-state index in [-0.39, 0.29) is 18.1 Å². The fourth-order valence-corrected chi connectivity index (χ4v) is 3.68. The van der Waals surface area contributed by atoms with Gasteiger partial charge in [-0.05, 0) is 48.4 Å². The van der Waals surface area contributed by atoms with E-state index in [4.69, 9.17) is 19.6 Å². The van der Waals surface area contributed by atoms with Crippen molar-refractivity contribution in [3.05, 3.63) is 108 Å². The van der Waals surface area contributed by atoms with Gasteiger partial charge in [-0.2, -0.15) is 0 Å². The van der Waals surface area contributed by atoms with E-state index in [2.05, 4.69) is 10.3 Å². The molecular formula is C27H27N3O5. The predicted molar refractivity (Wildman–Crippen MR) is 130 cm³/mol. The Balaban J connectivity index is 1.45. The Morgan fingerprint density at radius 1 is 1.09 bits per heavy atom. The summed E-state index contributed by atoms with van der Waals surface area (Å²) in [5.74, 6) is 1.57. The zero-order valence-corrected chi connectivity index (χ0v) is 19.3. The van der Waals surface area contributed by atoms with Crippen molar-refractivity contribution >= 4 is 5.91 Å². The number of aromatic hydroxyl groups is 1. The highest BCUT2D eigenvalue weighted by molar-refractivity contribution is 5.91. The van der Waals surface area contributed by atoms with Crippen molar-refractivity contribution in [1.82, 2.24) is 10.3 Å². The number of pyridine rings is 1. The number of phenols is 1. The maximum atomic E-state index is 13.0. The number of nitrogens with two attached hydrogens (primary N) is 1. The van der Waals surface area contributed by atoms with Gasteiger partial charge in [-0.3, -0.25) is 9.78 Å². The third kappa shape index (κ3) is 6.18. The van der Waals surface area contributed by atoms with Crippen molar-refractivity contribution in [2.75, 3.05) is 7.11 Å². The molecule has 0 saturated carbocycles. The topological polar surface area (TPSA) is 120 Å². The summed E-state index contributed by atoms with van der Waals surface area (Å²) >= 11 is 0. The zero-order valence-electron chi connectivity index (χ0n) is 19.3. The normalized spacial score (nSPS) is 12.5. The molecule has 0 saturated heterocycles. The van der Waals surface area contributed by atoms with E-state index in [9.17, 15) is 9.90 Å². The molecule has 2 aromatic heterocycles. The van der Waals surface area contributed by atoms with E-state index < -0.39 is 18.0 Å². The van der Waals surface area contributed by atoms with Crippen LogP contribution in [-0.4, -0.2) is 23.1 Å². The van der Waals surface area contributed by atoms with Crippen LogP contribution in [0.15, 0.2) is 89.6 Å². The molecule has 4 aromatic rings. The number of hydrogen-bond acceptors (Lipinski definition) is 7. The zero-order chi connectivity index (χ0) is 24.6. The first-order valence-corrected chi connectivity index (χ1v) is 11.1. The fourth-order valence-electron chi connectivity index (χ4n) is 3.68. The maximum Gasteiger partial charge on any atom is 0.287 e. The minimum absolute atomic E-state index is 0.0722. The molecule has 8 nitrogen and oxygen atoms in total. The van der Waals surface area contributed by atoms with Crippen molar-refractivity contribution in [3.8, 4) is 17.2 Å². The Bertz CT molecular complexity index is 1260. The van der Waals surface area contributed by atoms with Gasteiger partial charge in [0.15, 0.2) is 5.76 Å². The van der Waals surface area contributed by atoms with Crippen LogP contribution in [0.3, 0.4) is 0 Å². The quantitative estimate of drug-likeness (QED) is 0.309. The van der Waals surface area contributed by atoms with Crippen LogP contribution in [0, 0.1) is 0 Å². The van der Waals surface area contributed by atoms with Gasteiger partial charge in [-0.25, -0.2) is 0 Å². The fraction of sp³-hybridized carbons (Fsp3) is 0.185. The summed E-state index contributed by atoms with van der Waals surface area (Å²) in [5, 5.41) is 13.4. The van der Waals surface area contributed by atoms with E-state index in [0.29, 0.717) is 29.2 Å². The van der Waals surface area contributed by atoms with Crippen molar-refractivity contribution in [2.45, 2.75) is 25.1 Å². The number of furan rings is 1. The molecule has 0 radical (unpaired) electrons. The molecule has 2 unspecified atom stereocenters. The molecule has 180 valence electrons. The standard InChI is InChI=1S/C27H27N3O5/c1-33-19-7-4-8-20(14-19)34-17-21-11-12-26(35-21)27(32)30-24(22-9-2-3-10-25(22)31)15-23(28)18-6-5-13-29-16-18/h2-14,16,23-24,31H,15,17,28H2,1H3,(H,30,32). The van der Waals surface area contributed by atoms with Gasteiger partial charge in [-0.15, -0.1) is 0 Å². The highest BCUT2D eigenvalue weighted by atomic mass is 16.5. The minimum Gasteiger partial charge on any atom is -0.508 e. The summed E-state index contributed by atoms with van der Waals surface area (Å²) < 4.78 is 16.6. The summed E-state index contributed by atoms with van der Waals surface area (Å²) in [6.07, 6.45) is 3.71. The molecule has 0 aliphatic heterocycles. The van der Waals surface area contributed by atoms with Gasteiger partial charge < -0.3 is 30.0 Å². The molecule has 2 aromatic carbocycles. The number of carbonyl (C=O) groups excluding carboxylic acids is 1. The van der Waals surface area contributed by atoms with Gasteiger partial charge in [0, 0.05) is 30.1 Å². The Morgan fingerprint density at radius 3 is 2.69 bits per heavy atom. The second-order valence-electron chi connectivity index (χ2n) is 7.95. The number of rotatable bonds is 10. The number of aromatic nitrogens is 1. The van der Waals surface area contributed by atoms with Crippen LogP contribution in [0.4, 0.5) is 0 Å². The summed E-state index contributed by atoms with van der Waals surface area (Å²) in [6, 6.07) is 20.1. The molecule has 35 heavy (non-hydrogen) atoms. The maximum absolute atomic E-state index is 13.0. The average molecular weight is 474 g/mol. The second kappa shape index (κ2) is 11.2. The molecule has 0 aliphatic carbocycles. The first-order chi connectivity index (χ1) is 17.0. The highest BCUT2D eigenvalue weighted by Gasteiger charge is 2.23. The second-order valence-corrected chi connectivity index (χ2v) is 7.95. The van der Waals surface area contributed by atoms with Gasteiger partial charge in [0.05, 0.1) is 13.2 Å². The predicted octanol–water partition coefficient (Wildman–Crippen LogP) is 4.53. The van der Waals surface area contributed by atoms with Gasteiger partial charge in [-0.1, -0.05) is 30.3 Å². The van der Waals surface area contributed by atoms with Gasteiger partial charge >= 0.3 is 0 Å². The van der Waals surface area contributed by atoms with Gasteiger partial charge in [0.2, 0.25) is 0 Å². The number of amides is 1. The molecule has 2 atom stereocenters. The Morgan fingerprint density at radius 2 is 1.91 bits per heavy atom. The number of hydrogen-bond donors (Lipinski definition) is 3. The molecule has 0 aliphatic rings. The Hall–Kier alpha value is -4.30. The number of phenolic OH excluding ortho intramolecular Hbond substituents is 1. The number of nitrogens with zero attached hydrogens (tertiary/aromatic N) is 1. The molecular weight excluding hydrogens is 446 g/mol. The van der Waals surface area contributed by atoms with Crippen molar-refractivity contribution < 1.29 is 23.8 Å². The molecule has 4 rings (SSSR count). The van der Waals surface area contributed by atoms with E-state index in [1.54, 1.807) is 68.0 Å². The number of nitrogens with one attached hydrogen (secondary N) is 1. The van der Waals surface area contributed by atoms with Crippen LogP contribution in [-0.2, 0) is 6.61 Å². The number of para-hydroxylation sites is 1. The Kier molecular flexibility index (Phi) is 7.64. The van der Waals surface area contributed by atoms with E-state index in [1.165, 1.54) is 0 Å². The third-order valence-corrected chi connectivity index (χ3v) is 5.53. The van der Waals surface area contributed by atoms with E-state index >= 15 is 0 Å². The first kappa shape index (κ1) is 23.8. The lowest BCUT2D eigenvalue weighted by molar-refractivity contribution is 0.0900. The van der Waals surface area contributed by atoms with Crippen LogP contribution < -0.4 is 20.5 Å². The molecule has 0 fully saturated rings. The lowest BCUT2D eigenvalue weighted by Crippen LogP contribution is -2.31. The van der Waals surface area contributed by atoms with Crippen molar-refractivity contribution in [2.24, 2.45) is 5.73 Å². The van der Waals surface area contributed by atoms with Crippen LogP contribution in [0.1, 0.15) is 45.9 Å². The Labute approximate surface area is 203 Å². The van der Waals surface area contributed by atoms with Crippen molar-refractivity contribution in [1.29, 1.82) is 0 Å². The SMILES string of the molecule is COc1cccc(OCc2ccc(C(=O)NC(CC(N)c3cccnc3)c3ccccc3O)o2)c1. The number of ether oxygens (including phenoxy) is 2. The molecule has 0 bridgehead atoms. The monoisotopic (exact) mass is 473 g/mol.